The zero-order valence-electron chi connectivity index (χ0n) is 17.8. The molecule has 33 heavy (non-hydrogen) atoms. The molecule has 0 radical (unpaired) electrons. The van der Waals surface area contributed by atoms with Gasteiger partial charge in [0.15, 0.2) is 12.4 Å². The minimum Gasteiger partial charge on any atom is -0.489 e. The highest BCUT2D eigenvalue weighted by atomic mass is 35.5. The molecule has 1 aliphatic heterocycles. The number of hydrogen-bond acceptors (Lipinski definition) is 5. The van der Waals surface area contributed by atoms with Gasteiger partial charge in [-0.2, -0.15) is 0 Å². The number of amides is 1. The van der Waals surface area contributed by atoms with Gasteiger partial charge in [0.25, 0.3) is 5.91 Å². The lowest BCUT2D eigenvalue weighted by Crippen LogP contribution is -2.43. The van der Waals surface area contributed by atoms with Gasteiger partial charge in [0, 0.05) is 0 Å². The Morgan fingerprint density at radius 3 is 2.39 bits per heavy atom. The van der Waals surface area contributed by atoms with Gasteiger partial charge < -0.3 is 14.2 Å². The van der Waals surface area contributed by atoms with Gasteiger partial charge in [-0.25, -0.2) is 4.79 Å². The third-order valence-corrected chi connectivity index (χ3v) is 5.70. The van der Waals surface area contributed by atoms with E-state index in [2.05, 4.69) is 0 Å². The van der Waals surface area contributed by atoms with Crippen molar-refractivity contribution in [2.75, 3.05) is 24.7 Å². The summed E-state index contributed by atoms with van der Waals surface area (Å²) in [6, 6.07) is 19.5. The van der Waals surface area contributed by atoms with E-state index in [1.807, 2.05) is 54.6 Å². The number of ether oxygens (including phenoxy) is 3. The standard InChI is InChI=1S/C25H21Cl2NO5/c1-2-31-25(30)17-12-18(26)24(19(27)13-17)33-15-23(29)28-20-10-6-7-11-22(20)32-14-21(28)16-8-4-3-5-9-16/h3-13,21H,2,14-15H2,1H3/t21-/m1/s1. The van der Waals surface area contributed by atoms with Crippen molar-refractivity contribution in [3.8, 4) is 11.5 Å². The van der Waals surface area contributed by atoms with Crippen LogP contribution in [0.1, 0.15) is 28.9 Å². The van der Waals surface area contributed by atoms with Crippen LogP contribution in [0.25, 0.3) is 0 Å². The zero-order chi connectivity index (χ0) is 23.4. The summed E-state index contributed by atoms with van der Waals surface area (Å²) in [6.45, 7) is 1.93. The summed E-state index contributed by atoms with van der Waals surface area (Å²) in [5, 5.41) is 0.223. The molecule has 0 N–H and O–H groups in total. The third-order valence-electron chi connectivity index (χ3n) is 5.14. The Hall–Kier alpha value is -3.22. The molecule has 0 aromatic heterocycles. The van der Waals surface area contributed by atoms with Crippen LogP contribution >= 0.6 is 23.2 Å². The quantitative estimate of drug-likeness (QED) is 0.418. The van der Waals surface area contributed by atoms with E-state index in [0.29, 0.717) is 18.0 Å². The maximum absolute atomic E-state index is 13.4. The zero-order valence-corrected chi connectivity index (χ0v) is 19.3. The smallest absolute Gasteiger partial charge is 0.338 e. The first-order valence-corrected chi connectivity index (χ1v) is 11.1. The van der Waals surface area contributed by atoms with Crippen molar-refractivity contribution in [1.82, 2.24) is 0 Å². The molecule has 0 fully saturated rings. The average molecular weight is 486 g/mol. The van der Waals surface area contributed by atoms with E-state index >= 15 is 0 Å². The van der Waals surface area contributed by atoms with Gasteiger partial charge in [0.1, 0.15) is 12.4 Å². The molecule has 0 saturated heterocycles. The summed E-state index contributed by atoms with van der Waals surface area (Å²) in [5.74, 6) is -0.0915. The summed E-state index contributed by atoms with van der Waals surface area (Å²) in [5.41, 5.74) is 1.80. The molecule has 3 aromatic carbocycles. The van der Waals surface area contributed by atoms with Crippen LogP contribution < -0.4 is 14.4 Å². The Kier molecular flexibility index (Phi) is 7.06. The number of fused-ring (bicyclic) bond motifs is 1. The Morgan fingerprint density at radius 2 is 1.70 bits per heavy atom. The summed E-state index contributed by atoms with van der Waals surface area (Å²) in [7, 11) is 0. The van der Waals surface area contributed by atoms with E-state index in [0.717, 1.165) is 5.56 Å². The molecule has 0 bridgehead atoms. The number of carbonyl (C=O) groups is 2. The Balaban J connectivity index is 1.58. The number of para-hydroxylation sites is 2. The van der Waals surface area contributed by atoms with Crippen LogP contribution in [0.2, 0.25) is 10.0 Å². The van der Waals surface area contributed by atoms with Crippen LogP contribution in [0, 0.1) is 0 Å². The molecule has 6 nitrogen and oxygen atoms in total. The van der Waals surface area contributed by atoms with Crippen molar-refractivity contribution in [2.45, 2.75) is 13.0 Å². The maximum atomic E-state index is 13.4. The topological polar surface area (TPSA) is 65.1 Å². The molecular weight excluding hydrogens is 465 g/mol. The average Bonchev–Trinajstić information content (AvgIpc) is 2.83. The summed E-state index contributed by atoms with van der Waals surface area (Å²) >= 11 is 12.6. The van der Waals surface area contributed by atoms with E-state index in [1.165, 1.54) is 12.1 Å². The monoisotopic (exact) mass is 485 g/mol. The summed E-state index contributed by atoms with van der Waals surface area (Å²) < 4.78 is 16.6. The molecule has 0 unspecified atom stereocenters. The highest BCUT2D eigenvalue weighted by Gasteiger charge is 2.33. The maximum Gasteiger partial charge on any atom is 0.338 e. The lowest BCUT2D eigenvalue weighted by Gasteiger charge is -2.37. The number of hydrogen-bond donors (Lipinski definition) is 0. The second-order valence-corrected chi connectivity index (χ2v) is 8.06. The van der Waals surface area contributed by atoms with Crippen LogP contribution in [0.4, 0.5) is 5.69 Å². The van der Waals surface area contributed by atoms with E-state index < -0.39 is 5.97 Å². The van der Waals surface area contributed by atoms with Crippen molar-refractivity contribution in [2.24, 2.45) is 0 Å². The van der Waals surface area contributed by atoms with Crippen LogP contribution in [0.5, 0.6) is 11.5 Å². The van der Waals surface area contributed by atoms with Gasteiger partial charge in [0.2, 0.25) is 0 Å². The Morgan fingerprint density at radius 1 is 1.03 bits per heavy atom. The molecular formula is C25H21Cl2NO5. The SMILES string of the molecule is CCOC(=O)c1cc(Cl)c(OCC(=O)N2c3ccccc3OC[C@@H]2c2ccccc2)c(Cl)c1. The molecule has 0 aliphatic carbocycles. The van der Waals surface area contributed by atoms with E-state index in [1.54, 1.807) is 11.8 Å². The predicted octanol–water partition coefficient (Wildman–Crippen LogP) is 5.72. The minimum absolute atomic E-state index is 0.111. The van der Waals surface area contributed by atoms with E-state index in [9.17, 15) is 9.59 Å². The number of nitrogens with zero attached hydrogens (tertiary/aromatic N) is 1. The first kappa shape index (κ1) is 23.0. The predicted molar refractivity (Wildman–Crippen MR) is 127 cm³/mol. The molecule has 4 rings (SSSR count). The molecule has 8 heteroatoms. The van der Waals surface area contributed by atoms with Gasteiger partial charge in [-0.3, -0.25) is 9.69 Å². The van der Waals surface area contributed by atoms with Crippen molar-refractivity contribution in [1.29, 1.82) is 0 Å². The summed E-state index contributed by atoms with van der Waals surface area (Å²) in [4.78, 5) is 27.0. The minimum atomic E-state index is -0.542. The molecule has 1 aliphatic rings. The highest BCUT2D eigenvalue weighted by Crippen LogP contribution is 2.40. The highest BCUT2D eigenvalue weighted by molar-refractivity contribution is 6.37. The Bertz CT molecular complexity index is 1150. The van der Waals surface area contributed by atoms with Crippen molar-refractivity contribution in [3.05, 3.63) is 87.9 Å². The molecule has 1 heterocycles. The first-order valence-electron chi connectivity index (χ1n) is 10.4. The van der Waals surface area contributed by atoms with Gasteiger partial charge in [-0.1, -0.05) is 65.7 Å². The van der Waals surface area contributed by atoms with Gasteiger partial charge in [-0.15, -0.1) is 0 Å². The Labute approximate surface area is 201 Å². The molecule has 0 saturated carbocycles. The largest absolute Gasteiger partial charge is 0.489 e. The third kappa shape index (κ3) is 4.92. The normalized spacial score (nSPS) is 14.8. The second-order valence-electron chi connectivity index (χ2n) is 7.25. The lowest BCUT2D eigenvalue weighted by molar-refractivity contribution is -0.121. The molecule has 0 spiro atoms. The fourth-order valence-corrected chi connectivity index (χ4v) is 4.25. The number of esters is 1. The van der Waals surface area contributed by atoms with Crippen LogP contribution in [-0.2, 0) is 9.53 Å². The van der Waals surface area contributed by atoms with Gasteiger partial charge in [-0.05, 0) is 36.8 Å². The van der Waals surface area contributed by atoms with Crippen molar-refractivity contribution in [3.63, 3.8) is 0 Å². The summed E-state index contributed by atoms with van der Waals surface area (Å²) in [6.07, 6.45) is 0. The van der Waals surface area contributed by atoms with Gasteiger partial charge in [0.05, 0.1) is 33.9 Å². The second kappa shape index (κ2) is 10.1. The van der Waals surface area contributed by atoms with Gasteiger partial charge >= 0.3 is 5.97 Å². The van der Waals surface area contributed by atoms with Crippen LogP contribution in [-0.4, -0.2) is 31.7 Å². The number of rotatable bonds is 6. The molecule has 3 aromatic rings. The molecule has 170 valence electrons. The first-order chi connectivity index (χ1) is 16.0. The van der Waals surface area contributed by atoms with E-state index in [-0.39, 0.29) is 46.5 Å². The van der Waals surface area contributed by atoms with Crippen molar-refractivity contribution >= 4 is 40.8 Å². The fraction of sp³-hybridized carbons (Fsp3) is 0.200. The number of carbonyl (C=O) groups excluding carboxylic acids is 2. The number of benzene rings is 3. The number of anilines is 1. The number of halogens is 2. The van der Waals surface area contributed by atoms with Crippen molar-refractivity contribution < 1.29 is 23.8 Å². The van der Waals surface area contributed by atoms with Crippen LogP contribution in [0.3, 0.4) is 0 Å². The molecule has 1 atom stereocenters. The fourth-order valence-electron chi connectivity index (χ4n) is 3.65. The van der Waals surface area contributed by atoms with Crippen LogP contribution in [0.15, 0.2) is 66.7 Å². The van der Waals surface area contributed by atoms with E-state index in [4.69, 9.17) is 37.4 Å². The lowest BCUT2D eigenvalue weighted by atomic mass is 10.0. The molecule has 1 amide bonds.